The average Bonchev–Trinajstić information content (AvgIpc) is 2.87. The van der Waals surface area contributed by atoms with Gasteiger partial charge in [0.05, 0.1) is 10.6 Å². The number of aromatic amines is 1. The number of rotatable bonds is 2. The quantitative estimate of drug-likeness (QED) is 0.765. The van der Waals surface area contributed by atoms with Crippen LogP contribution in [0.5, 0.6) is 0 Å². The summed E-state index contributed by atoms with van der Waals surface area (Å²) in [7, 11) is -3.41. The van der Waals surface area contributed by atoms with Crippen molar-refractivity contribution in [3.05, 3.63) is 42.0 Å². The monoisotopic (exact) mass is 355 g/mol. The molecule has 0 radical (unpaired) electrons. The van der Waals surface area contributed by atoms with E-state index in [1.807, 2.05) is 0 Å². The highest BCUT2D eigenvalue weighted by Gasteiger charge is 2.35. The van der Waals surface area contributed by atoms with E-state index in [-0.39, 0.29) is 22.0 Å². The molecule has 0 fully saturated rings. The Morgan fingerprint density at radius 1 is 1.21 bits per heavy atom. The molecular formula is C15H12F3N3O2S. The molecule has 24 heavy (non-hydrogen) atoms. The lowest BCUT2D eigenvalue weighted by molar-refractivity contribution is -0.137. The lowest BCUT2D eigenvalue weighted by atomic mass is 10.1. The zero-order valence-electron chi connectivity index (χ0n) is 12.6. The van der Waals surface area contributed by atoms with Crippen molar-refractivity contribution < 1.29 is 21.6 Å². The molecule has 0 aliphatic carbocycles. The average molecular weight is 355 g/mol. The number of nitrogens with zero attached hydrogens (tertiary/aromatic N) is 2. The Labute approximate surface area is 135 Å². The number of fused-ring (bicyclic) bond motifs is 1. The molecular weight excluding hydrogens is 343 g/mol. The second-order valence-corrected chi connectivity index (χ2v) is 7.37. The second-order valence-electron chi connectivity index (χ2n) is 5.36. The summed E-state index contributed by atoms with van der Waals surface area (Å²) in [5, 5.41) is 0.450. The van der Waals surface area contributed by atoms with E-state index in [2.05, 4.69) is 15.0 Å². The minimum Gasteiger partial charge on any atom is -0.360 e. The van der Waals surface area contributed by atoms with Crippen molar-refractivity contribution in [2.24, 2.45) is 0 Å². The SMILES string of the molecule is Cc1ncc(C(F)(F)F)c(-c2c[nH]c3cc(S(C)(=O)=O)ccc23)n1. The Morgan fingerprint density at radius 2 is 1.92 bits per heavy atom. The van der Waals surface area contributed by atoms with Crippen LogP contribution in [0, 0.1) is 6.92 Å². The van der Waals surface area contributed by atoms with E-state index in [0.717, 1.165) is 12.5 Å². The molecule has 5 nitrogen and oxygen atoms in total. The number of nitrogens with one attached hydrogen (secondary N) is 1. The van der Waals surface area contributed by atoms with E-state index in [1.54, 1.807) is 0 Å². The summed E-state index contributed by atoms with van der Waals surface area (Å²) < 4.78 is 62.9. The zero-order valence-corrected chi connectivity index (χ0v) is 13.5. The molecule has 1 aromatic carbocycles. The minimum atomic E-state index is -4.60. The van der Waals surface area contributed by atoms with E-state index in [9.17, 15) is 21.6 Å². The fourth-order valence-electron chi connectivity index (χ4n) is 2.41. The molecule has 0 aliphatic rings. The predicted molar refractivity (Wildman–Crippen MR) is 82.2 cm³/mol. The van der Waals surface area contributed by atoms with Gasteiger partial charge in [-0.1, -0.05) is 6.07 Å². The van der Waals surface area contributed by atoms with Gasteiger partial charge in [-0.05, 0) is 19.1 Å². The van der Waals surface area contributed by atoms with Gasteiger partial charge in [0, 0.05) is 35.1 Å². The maximum Gasteiger partial charge on any atom is 0.419 e. The molecule has 0 spiro atoms. The number of hydrogen-bond donors (Lipinski definition) is 1. The Morgan fingerprint density at radius 3 is 2.54 bits per heavy atom. The summed E-state index contributed by atoms with van der Waals surface area (Å²) in [6, 6.07) is 4.21. The van der Waals surface area contributed by atoms with Crippen molar-refractivity contribution in [1.29, 1.82) is 0 Å². The summed E-state index contributed by atoms with van der Waals surface area (Å²) >= 11 is 0. The van der Waals surface area contributed by atoms with Crippen molar-refractivity contribution in [2.45, 2.75) is 18.0 Å². The Balaban J connectivity index is 2.27. The summed E-state index contributed by atoms with van der Waals surface area (Å²) in [4.78, 5) is 10.4. The normalized spacial score (nSPS) is 12.7. The first-order valence-electron chi connectivity index (χ1n) is 6.80. The third kappa shape index (κ3) is 2.86. The van der Waals surface area contributed by atoms with E-state index in [4.69, 9.17) is 0 Å². The highest BCUT2D eigenvalue weighted by Crippen LogP contribution is 2.38. The fourth-order valence-corrected chi connectivity index (χ4v) is 3.06. The number of aryl methyl sites for hydroxylation is 1. The van der Waals surface area contributed by atoms with Crippen LogP contribution in [-0.2, 0) is 16.0 Å². The standard InChI is InChI=1S/C15H12F3N3O2S/c1-8-19-7-12(15(16,17)18)14(21-8)11-6-20-13-5-9(24(2,22)23)3-4-10(11)13/h3-7,20H,1-2H3. The fraction of sp³-hybridized carbons (Fsp3) is 0.200. The van der Waals surface area contributed by atoms with Gasteiger partial charge < -0.3 is 4.98 Å². The van der Waals surface area contributed by atoms with Crippen LogP contribution in [0.3, 0.4) is 0 Å². The molecule has 0 bridgehead atoms. The molecule has 0 atom stereocenters. The number of aromatic nitrogens is 3. The summed E-state index contributed by atoms with van der Waals surface area (Å²) in [5.41, 5.74) is -0.533. The summed E-state index contributed by atoms with van der Waals surface area (Å²) in [5.74, 6) is 0.208. The second kappa shape index (κ2) is 5.30. The van der Waals surface area contributed by atoms with Crippen LogP contribution in [0.1, 0.15) is 11.4 Å². The van der Waals surface area contributed by atoms with Gasteiger partial charge in [-0.25, -0.2) is 18.4 Å². The first-order valence-corrected chi connectivity index (χ1v) is 8.69. The van der Waals surface area contributed by atoms with Gasteiger partial charge in [0.15, 0.2) is 9.84 Å². The topological polar surface area (TPSA) is 75.7 Å². The first-order chi connectivity index (χ1) is 11.1. The number of H-pyrrole nitrogens is 1. The van der Waals surface area contributed by atoms with E-state index in [0.29, 0.717) is 10.9 Å². The van der Waals surface area contributed by atoms with Gasteiger partial charge in [-0.15, -0.1) is 0 Å². The third-order valence-corrected chi connectivity index (χ3v) is 4.66. The van der Waals surface area contributed by atoms with Crippen molar-refractivity contribution in [3.8, 4) is 11.3 Å². The van der Waals surface area contributed by atoms with Gasteiger partial charge >= 0.3 is 6.18 Å². The third-order valence-electron chi connectivity index (χ3n) is 3.55. The van der Waals surface area contributed by atoms with Crippen molar-refractivity contribution >= 4 is 20.7 Å². The van der Waals surface area contributed by atoms with Gasteiger partial charge in [-0.2, -0.15) is 13.2 Å². The van der Waals surface area contributed by atoms with Crippen LogP contribution in [0.4, 0.5) is 13.2 Å². The number of alkyl halides is 3. The van der Waals surface area contributed by atoms with Crippen LogP contribution in [-0.4, -0.2) is 29.6 Å². The van der Waals surface area contributed by atoms with Crippen LogP contribution in [0.2, 0.25) is 0 Å². The molecule has 3 aromatic rings. The molecule has 3 rings (SSSR count). The maximum atomic E-state index is 13.2. The van der Waals surface area contributed by atoms with Gasteiger partial charge in [0.1, 0.15) is 11.4 Å². The molecule has 0 aliphatic heterocycles. The predicted octanol–water partition coefficient (Wildman–Crippen LogP) is 3.36. The zero-order chi connectivity index (χ0) is 17.7. The van der Waals surface area contributed by atoms with Crippen molar-refractivity contribution in [3.63, 3.8) is 0 Å². The maximum absolute atomic E-state index is 13.2. The Kier molecular flexibility index (Phi) is 3.63. The van der Waals surface area contributed by atoms with Gasteiger partial charge in [0.25, 0.3) is 0 Å². The highest BCUT2D eigenvalue weighted by molar-refractivity contribution is 7.90. The van der Waals surface area contributed by atoms with Crippen LogP contribution >= 0.6 is 0 Å². The molecule has 1 N–H and O–H groups in total. The molecule has 126 valence electrons. The smallest absolute Gasteiger partial charge is 0.360 e. The molecule has 2 heterocycles. The highest BCUT2D eigenvalue weighted by atomic mass is 32.2. The molecule has 9 heteroatoms. The lowest BCUT2D eigenvalue weighted by Crippen LogP contribution is -2.10. The van der Waals surface area contributed by atoms with Crippen molar-refractivity contribution in [2.75, 3.05) is 6.26 Å². The number of hydrogen-bond acceptors (Lipinski definition) is 4. The molecule has 0 amide bonds. The lowest BCUT2D eigenvalue weighted by Gasteiger charge is -2.11. The summed E-state index contributed by atoms with van der Waals surface area (Å²) in [6.45, 7) is 1.50. The molecule has 0 unspecified atom stereocenters. The number of sulfone groups is 1. The van der Waals surface area contributed by atoms with Crippen LogP contribution in [0.25, 0.3) is 22.2 Å². The molecule has 2 aromatic heterocycles. The van der Waals surface area contributed by atoms with E-state index >= 15 is 0 Å². The van der Waals surface area contributed by atoms with Gasteiger partial charge in [-0.3, -0.25) is 0 Å². The van der Waals surface area contributed by atoms with Gasteiger partial charge in [0.2, 0.25) is 0 Å². The van der Waals surface area contributed by atoms with E-state index in [1.165, 1.54) is 31.3 Å². The van der Waals surface area contributed by atoms with Crippen molar-refractivity contribution in [1.82, 2.24) is 15.0 Å². The molecule has 0 saturated carbocycles. The van der Waals surface area contributed by atoms with Crippen LogP contribution < -0.4 is 0 Å². The first kappa shape index (κ1) is 16.4. The Bertz CT molecular complexity index is 1040. The Hall–Kier alpha value is -2.42. The van der Waals surface area contributed by atoms with Crippen LogP contribution in [0.15, 0.2) is 35.5 Å². The number of halogens is 3. The summed E-state index contributed by atoms with van der Waals surface area (Å²) in [6.07, 6.45) is -1.40. The number of benzene rings is 1. The minimum absolute atomic E-state index is 0.0818. The largest absolute Gasteiger partial charge is 0.419 e. The molecule has 0 saturated heterocycles. The van der Waals surface area contributed by atoms with E-state index < -0.39 is 21.6 Å².